The fourth-order valence-electron chi connectivity index (χ4n) is 0.932. The number of benzene rings is 1. The number of nitrogens with two attached hydrogens (primary N) is 2. The Morgan fingerprint density at radius 1 is 1.33 bits per heavy atom. The molecule has 0 saturated heterocycles. The van der Waals surface area contributed by atoms with Crippen LogP contribution < -0.4 is 11.5 Å². The summed E-state index contributed by atoms with van der Waals surface area (Å²) in [5.41, 5.74) is 11.4. The summed E-state index contributed by atoms with van der Waals surface area (Å²) in [6, 6.07) is 3.09. The highest BCUT2D eigenvalue weighted by molar-refractivity contribution is 6.37. The summed E-state index contributed by atoms with van der Waals surface area (Å²) in [4.78, 5) is 10.4. The zero-order valence-electron chi connectivity index (χ0n) is 7.68. The Morgan fingerprint density at radius 2 is 1.87 bits per heavy atom. The summed E-state index contributed by atoms with van der Waals surface area (Å²) in [5.74, 6) is 4.74. The molecular formula is C10H8Cl2N2O. The van der Waals surface area contributed by atoms with Crippen molar-refractivity contribution in [1.29, 1.82) is 0 Å². The Bertz CT molecular complexity index is 437. The van der Waals surface area contributed by atoms with Crippen molar-refractivity contribution in [3.63, 3.8) is 0 Å². The van der Waals surface area contributed by atoms with E-state index in [1.54, 1.807) is 12.1 Å². The van der Waals surface area contributed by atoms with Gasteiger partial charge >= 0.3 is 0 Å². The van der Waals surface area contributed by atoms with Gasteiger partial charge in [-0.1, -0.05) is 35.0 Å². The highest BCUT2D eigenvalue weighted by Gasteiger charge is 2.04. The minimum Gasteiger partial charge on any atom is -0.399 e. The molecule has 0 heterocycles. The average Bonchev–Trinajstić information content (AvgIpc) is 2.08. The van der Waals surface area contributed by atoms with Gasteiger partial charge in [0.05, 0.1) is 22.0 Å². The van der Waals surface area contributed by atoms with E-state index in [-0.39, 0.29) is 6.42 Å². The Labute approximate surface area is 97.3 Å². The predicted octanol–water partition coefficient (Wildman–Crippen LogP) is 1.80. The minimum absolute atomic E-state index is 0.0307. The molecule has 0 bridgehead atoms. The van der Waals surface area contributed by atoms with Gasteiger partial charge in [0.2, 0.25) is 5.91 Å². The molecule has 15 heavy (non-hydrogen) atoms. The third kappa shape index (κ3) is 3.35. The number of halogens is 2. The SMILES string of the molecule is NC(=O)CC#Cc1c(Cl)cc(N)cc1Cl. The summed E-state index contributed by atoms with van der Waals surface area (Å²) in [6.45, 7) is 0. The highest BCUT2D eigenvalue weighted by atomic mass is 35.5. The van der Waals surface area contributed by atoms with Crippen LogP contribution in [0.4, 0.5) is 5.69 Å². The lowest BCUT2D eigenvalue weighted by Crippen LogP contribution is -2.08. The molecule has 1 aromatic carbocycles. The van der Waals surface area contributed by atoms with E-state index in [0.29, 0.717) is 21.3 Å². The molecule has 0 fully saturated rings. The van der Waals surface area contributed by atoms with Gasteiger partial charge in [0.1, 0.15) is 0 Å². The second-order valence-corrected chi connectivity index (χ2v) is 3.62. The summed E-state index contributed by atoms with van der Waals surface area (Å²) in [7, 11) is 0. The van der Waals surface area contributed by atoms with Gasteiger partial charge in [-0.05, 0) is 12.1 Å². The number of anilines is 1. The van der Waals surface area contributed by atoms with Crippen LogP contribution in [0.2, 0.25) is 10.0 Å². The Hall–Kier alpha value is -1.37. The first kappa shape index (κ1) is 11.7. The van der Waals surface area contributed by atoms with Gasteiger partial charge in [-0.25, -0.2) is 0 Å². The topological polar surface area (TPSA) is 69.1 Å². The van der Waals surface area contributed by atoms with Crippen molar-refractivity contribution in [3.8, 4) is 11.8 Å². The van der Waals surface area contributed by atoms with E-state index in [9.17, 15) is 4.79 Å². The van der Waals surface area contributed by atoms with Crippen molar-refractivity contribution in [1.82, 2.24) is 0 Å². The summed E-state index contributed by atoms with van der Waals surface area (Å²) in [5, 5.41) is 0.717. The second kappa shape index (κ2) is 4.92. The molecule has 3 nitrogen and oxygen atoms in total. The van der Waals surface area contributed by atoms with Crippen molar-refractivity contribution in [2.45, 2.75) is 6.42 Å². The fourth-order valence-corrected chi connectivity index (χ4v) is 1.53. The van der Waals surface area contributed by atoms with Crippen LogP contribution >= 0.6 is 23.2 Å². The van der Waals surface area contributed by atoms with Crippen LogP contribution in [-0.4, -0.2) is 5.91 Å². The zero-order chi connectivity index (χ0) is 11.4. The van der Waals surface area contributed by atoms with Crippen molar-refractivity contribution in [2.75, 3.05) is 5.73 Å². The molecule has 0 saturated carbocycles. The van der Waals surface area contributed by atoms with Crippen LogP contribution in [0.25, 0.3) is 0 Å². The summed E-state index contributed by atoms with van der Waals surface area (Å²) in [6.07, 6.45) is -0.0307. The lowest BCUT2D eigenvalue weighted by molar-refractivity contribution is -0.117. The van der Waals surface area contributed by atoms with E-state index in [4.69, 9.17) is 34.7 Å². The van der Waals surface area contributed by atoms with E-state index in [2.05, 4.69) is 11.8 Å². The number of primary amides is 1. The van der Waals surface area contributed by atoms with Gasteiger partial charge < -0.3 is 11.5 Å². The van der Waals surface area contributed by atoms with Crippen molar-refractivity contribution >= 4 is 34.8 Å². The monoisotopic (exact) mass is 242 g/mol. The molecule has 0 radical (unpaired) electrons. The summed E-state index contributed by atoms with van der Waals surface area (Å²) >= 11 is 11.7. The average molecular weight is 243 g/mol. The van der Waals surface area contributed by atoms with Gasteiger partial charge in [0.15, 0.2) is 0 Å². The first-order valence-corrected chi connectivity index (χ1v) is 4.78. The number of rotatable bonds is 1. The molecule has 0 aromatic heterocycles. The van der Waals surface area contributed by atoms with Crippen molar-refractivity contribution in [3.05, 3.63) is 27.7 Å². The smallest absolute Gasteiger partial charge is 0.229 e. The molecule has 0 aliphatic carbocycles. The first-order chi connectivity index (χ1) is 7.00. The number of hydrogen-bond acceptors (Lipinski definition) is 2. The van der Waals surface area contributed by atoms with E-state index in [1.807, 2.05) is 0 Å². The van der Waals surface area contributed by atoms with Gasteiger partial charge in [0, 0.05) is 5.69 Å². The van der Waals surface area contributed by atoms with Gasteiger partial charge in [-0.2, -0.15) is 0 Å². The highest BCUT2D eigenvalue weighted by Crippen LogP contribution is 2.26. The van der Waals surface area contributed by atoms with Gasteiger partial charge in [-0.3, -0.25) is 4.79 Å². The third-order valence-corrected chi connectivity index (χ3v) is 2.14. The molecule has 78 valence electrons. The molecule has 1 amide bonds. The van der Waals surface area contributed by atoms with Crippen molar-refractivity contribution < 1.29 is 4.79 Å². The maximum atomic E-state index is 10.4. The molecule has 0 unspecified atom stereocenters. The second-order valence-electron chi connectivity index (χ2n) is 2.80. The van der Waals surface area contributed by atoms with Crippen LogP contribution in [0.5, 0.6) is 0 Å². The minimum atomic E-state index is -0.495. The molecular weight excluding hydrogens is 235 g/mol. The maximum absolute atomic E-state index is 10.4. The maximum Gasteiger partial charge on any atom is 0.229 e. The van der Waals surface area contributed by atoms with Crippen LogP contribution in [0.3, 0.4) is 0 Å². The van der Waals surface area contributed by atoms with E-state index >= 15 is 0 Å². The number of carbonyl (C=O) groups is 1. The predicted molar refractivity (Wildman–Crippen MR) is 61.6 cm³/mol. The molecule has 1 rings (SSSR count). The molecule has 0 atom stereocenters. The van der Waals surface area contributed by atoms with Gasteiger partial charge in [0.25, 0.3) is 0 Å². The number of nitrogen functional groups attached to an aromatic ring is 1. The molecule has 0 spiro atoms. The largest absolute Gasteiger partial charge is 0.399 e. The third-order valence-electron chi connectivity index (χ3n) is 1.54. The number of carbonyl (C=O) groups excluding carboxylic acids is 1. The Morgan fingerprint density at radius 3 is 2.33 bits per heavy atom. The molecule has 0 aliphatic rings. The molecule has 0 aliphatic heterocycles. The van der Waals surface area contributed by atoms with Crippen LogP contribution in [0.15, 0.2) is 12.1 Å². The number of hydrogen-bond donors (Lipinski definition) is 2. The molecule has 1 aromatic rings. The lowest BCUT2D eigenvalue weighted by atomic mass is 10.2. The Kier molecular flexibility index (Phi) is 3.84. The van der Waals surface area contributed by atoms with E-state index in [1.165, 1.54) is 0 Å². The van der Waals surface area contributed by atoms with Crippen molar-refractivity contribution in [2.24, 2.45) is 5.73 Å². The van der Waals surface area contributed by atoms with Gasteiger partial charge in [-0.15, -0.1) is 0 Å². The Balaban J connectivity index is 3.03. The molecule has 4 N–H and O–H groups in total. The van der Waals surface area contributed by atoms with Crippen LogP contribution in [0.1, 0.15) is 12.0 Å². The summed E-state index contributed by atoms with van der Waals surface area (Å²) < 4.78 is 0. The normalized spacial score (nSPS) is 9.20. The quantitative estimate of drug-likeness (QED) is 0.583. The fraction of sp³-hybridized carbons (Fsp3) is 0.100. The van der Waals surface area contributed by atoms with E-state index < -0.39 is 5.91 Å². The van der Waals surface area contributed by atoms with Crippen LogP contribution in [0, 0.1) is 11.8 Å². The van der Waals surface area contributed by atoms with E-state index in [0.717, 1.165) is 0 Å². The lowest BCUT2D eigenvalue weighted by Gasteiger charge is -2.00. The standard InChI is InChI=1S/C10H8Cl2N2O/c11-8-4-6(13)5-9(12)7(8)2-1-3-10(14)15/h4-5H,3,13H2,(H2,14,15). The zero-order valence-corrected chi connectivity index (χ0v) is 9.19. The molecule has 5 heteroatoms. The first-order valence-electron chi connectivity index (χ1n) is 4.02. The van der Waals surface area contributed by atoms with Crippen LogP contribution in [-0.2, 0) is 4.79 Å². The number of amides is 1.